The van der Waals surface area contributed by atoms with Gasteiger partial charge in [-0.2, -0.15) is 0 Å². The van der Waals surface area contributed by atoms with Crippen molar-refractivity contribution in [2.45, 2.75) is 39.0 Å². The lowest BCUT2D eigenvalue weighted by molar-refractivity contribution is 0.578. The smallest absolute Gasteiger partial charge is 0.0958 e. The van der Waals surface area contributed by atoms with Gasteiger partial charge in [-0.3, -0.25) is 0 Å². The summed E-state index contributed by atoms with van der Waals surface area (Å²) in [4.78, 5) is 7.27. The summed E-state index contributed by atoms with van der Waals surface area (Å²) in [5, 5.41) is 3.41. The molecule has 1 aliphatic rings. The van der Waals surface area contributed by atoms with Gasteiger partial charge in [-0.15, -0.1) is 11.3 Å². The number of piperidine rings is 1. The highest BCUT2D eigenvalue weighted by atomic mass is 32.1. The van der Waals surface area contributed by atoms with Crippen molar-refractivity contribution in [2.24, 2.45) is 0 Å². The van der Waals surface area contributed by atoms with Gasteiger partial charge in [-0.25, -0.2) is 4.98 Å². The van der Waals surface area contributed by atoms with Crippen LogP contribution in [-0.4, -0.2) is 18.1 Å². The second-order valence-corrected chi connectivity index (χ2v) is 6.71. The third-order valence-electron chi connectivity index (χ3n) is 3.88. The standard InChI is InChI=1S/C17H22N2S/c1-13(2)17-18-16(12-20-17)14-7-6-8-15(11-14)19-9-4-3-5-10-19/h6-8,11-13H,3-5,9-10H2,1-2H3. The zero-order valence-corrected chi connectivity index (χ0v) is 13.1. The Balaban J connectivity index is 1.86. The number of benzene rings is 1. The SMILES string of the molecule is CC(C)c1nc(-c2cccc(N3CCCCC3)c2)cs1. The second kappa shape index (κ2) is 5.96. The van der Waals surface area contributed by atoms with Crippen LogP contribution in [0.5, 0.6) is 0 Å². The van der Waals surface area contributed by atoms with Crippen LogP contribution < -0.4 is 4.90 Å². The summed E-state index contributed by atoms with van der Waals surface area (Å²) in [6, 6.07) is 8.86. The number of rotatable bonds is 3. The van der Waals surface area contributed by atoms with Gasteiger partial charge >= 0.3 is 0 Å². The maximum absolute atomic E-state index is 4.77. The van der Waals surface area contributed by atoms with Crippen LogP contribution in [0, 0.1) is 0 Å². The lowest BCUT2D eigenvalue weighted by atomic mass is 10.1. The Kier molecular flexibility index (Phi) is 4.06. The molecule has 3 rings (SSSR count). The fourth-order valence-corrected chi connectivity index (χ4v) is 3.54. The molecule has 0 spiro atoms. The summed E-state index contributed by atoms with van der Waals surface area (Å²) in [7, 11) is 0. The zero-order valence-electron chi connectivity index (χ0n) is 12.3. The van der Waals surface area contributed by atoms with Crippen LogP contribution in [0.2, 0.25) is 0 Å². The van der Waals surface area contributed by atoms with E-state index in [0.717, 1.165) is 5.69 Å². The average Bonchev–Trinajstić information content (AvgIpc) is 2.98. The molecule has 2 heterocycles. The fourth-order valence-electron chi connectivity index (χ4n) is 2.70. The molecule has 1 aromatic heterocycles. The van der Waals surface area contributed by atoms with Gasteiger partial charge in [0.15, 0.2) is 0 Å². The third kappa shape index (κ3) is 2.88. The molecule has 2 nitrogen and oxygen atoms in total. The molecular formula is C17H22N2S. The van der Waals surface area contributed by atoms with E-state index in [1.165, 1.54) is 48.6 Å². The van der Waals surface area contributed by atoms with Gasteiger partial charge in [0.25, 0.3) is 0 Å². The van der Waals surface area contributed by atoms with Crippen LogP contribution in [0.1, 0.15) is 44.0 Å². The van der Waals surface area contributed by atoms with Gasteiger partial charge in [0.05, 0.1) is 10.7 Å². The molecule has 1 fully saturated rings. The Bertz CT molecular complexity index is 568. The molecular weight excluding hydrogens is 264 g/mol. The molecule has 1 aliphatic heterocycles. The van der Waals surface area contributed by atoms with Crippen LogP contribution in [0.25, 0.3) is 11.3 Å². The third-order valence-corrected chi connectivity index (χ3v) is 5.02. The number of aromatic nitrogens is 1. The first-order valence-corrected chi connectivity index (χ1v) is 8.43. The Morgan fingerprint density at radius 3 is 2.65 bits per heavy atom. The van der Waals surface area contributed by atoms with Crippen LogP contribution in [0.15, 0.2) is 29.6 Å². The van der Waals surface area contributed by atoms with Crippen molar-refractivity contribution in [1.29, 1.82) is 0 Å². The molecule has 0 aliphatic carbocycles. The summed E-state index contributed by atoms with van der Waals surface area (Å²) in [5.74, 6) is 0.513. The van der Waals surface area contributed by atoms with E-state index in [1.807, 2.05) is 0 Å². The highest BCUT2D eigenvalue weighted by molar-refractivity contribution is 7.10. The molecule has 1 saturated heterocycles. The van der Waals surface area contributed by atoms with Crippen LogP contribution >= 0.6 is 11.3 Å². The van der Waals surface area contributed by atoms with Crippen LogP contribution in [0.4, 0.5) is 5.69 Å². The monoisotopic (exact) mass is 286 g/mol. The van der Waals surface area contributed by atoms with Crippen molar-refractivity contribution in [3.63, 3.8) is 0 Å². The molecule has 106 valence electrons. The van der Waals surface area contributed by atoms with Crippen molar-refractivity contribution in [1.82, 2.24) is 4.98 Å². The normalized spacial score (nSPS) is 15.8. The maximum Gasteiger partial charge on any atom is 0.0958 e. The quantitative estimate of drug-likeness (QED) is 0.796. The van der Waals surface area contributed by atoms with E-state index < -0.39 is 0 Å². The molecule has 0 radical (unpaired) electrons. The minimum absolute atomic E-state index is 0.513. The highest BCUT2D eigenvalue weighted by Crippen LogP contribution is 2.29. The molecule has 0 N–H and O–H groups in total. The average molecular weight is 286 g/mol. The Morgan fingerprint density at radius 2 is 1.95 bits per heavy atom. The van der Waals surface area contributed by atoms with Gasteiger partial charge in [0, 0.05) is 35.6 Å². The Morgan fingerprint density at radius 1 is 1.15 bits per heavy atom. The molecule has 0 amide bonds. The first-order valence-electron chi connectivity index (χ1n) is 7.55. The summed E-state index contributed by atoms with van der Waals surface area (Å²) in [6.45, 7) is 6.79. The topological polar surface area (TPSA) is 16.1 Å². The van der Waals surface area contributed by atoms with E-state index >= 15 is 0 Å². The van der Waals surface area contributed by atoms with E-state index in [1.54, 1.807) is 11.3 Å². The molecule has 1 aromatic carbocycles. The first kappa shape index (κ1) is 13.6. The van der Waals surface area contributed by atoms with Crippen molar-refractivity contribution in [3.8, 4) is 11.3 Å². The lowest BCUT2D eigenvalue weighted by Gasteiger charge is -2.29. The number of anilines is 1. The Hall–Kier alpha value is -1.35. The van der Waals surface area contributed by atoms with Crippen molar-refractivity contribution >= 4 is 17.0 Å². The largest absolute Gasteiger partial charge is 0.372 e. The number of hydrogen-bond acceptors (Lipinski definition) is 3. The van der Waals surface area contributed by atoms with E-state index in [0.29, 0.717) is 5.92 Å². The molecule has 0 atom stereocenters. The van der Waals surface area contributed by atoms with Crippen molar-refractivity contribution in [2.75, 3.05) is 18.0 Å². The van der Waals surface area contributed by atoms with E-state index in [2.05, 4.69) is 48.4 Å². The van der Waals surface area contributed by atoms with Crippen molar-refractivity contribution in [3.05, 3.63) is 34.7 Å². The molecule has 0 saturated carbocycles. The number of thiazole rings is 1. The van der Waals surface area contributed by atoms with E-state index in [-0.39, 0.29) is 0 Å². The summed E-state index contributed by atoms with van der Waals surface area (Å²) >= 11 is 1.77. The highest BCUT2D eigenvalue weighted by Gasteiger charge is 2.13. The minimum atomic E-state index is 0.513. The van der Waals surface area contributed by atoms with Crippen LogP contribution in [-0.2, 0) is 0 Å². The summed E-state index contributed by atoms with van der Waals surface area (Å²) in [6.07, 6.45) is 4.01. The number of hydrogen-bond donors (Lipinski definition) is 0. The fraction of sp³-hybridized carbons (Fsp3) is 0.471. The van der Waals surface area contributed by atoms with Gasteiger partial charge in [0.2, 0.25) is 0 Å². The maximum atomic E-state index is 4.77. The predicted octanol–water partition coefficient (Wildman–Crippen LogP) is 4.92. The lowest BCUT2D eigenvalue weighted by Crippen LogP contribution is -2.29. The molecule has 0 unspecified atom stereocenters. The van der Waals surface area contributed by atoms with Gasteiger partial charge < -0.3 is 4.90 Å². The summed E-state index contributed by atoms with van der Waals surface area (Å²) in [5.41, 5.74) is 3.72. The zero-order chi connectivity index (χ0) is 13.9. The second-order valence-electron chi connectivity index (χ2n) is 5.82. The van der Waals surface area contributed by atoms with Gasteiger partial charge in [0.1, 0.15) is 0 Å². The molecule has 0 bridgehead atoms. The van der Waals surface area contributed by atoms with Gasteiger partial charge in [-0.05, 0) is 31.4 Å². The molecule has 20 heavy (non-hydrogen) atoms. The van der Waals surface area contributed by atoms with Gasteiger partial charge in [-0.1, -0.05) is 26.0 Å². The van der Waals surface area contributed by atoms with Crippen molar-refractivity contribution < 1.29 is 0 Å². The molecule has 2 aromatic rings. The minimum Gasteiger partial charge on any atom is -0.372 e. The molecule has 3 heteroatoms. The van der Waals surface area contributed by atoms with E-state index in [4.69, 9.17) is 4.98 Å². The van der Waals surface area contributed by atoms with E-state index in [9.17, 15) is 0 Å². The van der Waals surface area contributed by atoms with Crippen LogP contribution in [0.3, 0.4) is 0 Å². The number of nitrogens with zero attached hydrogens (tertiary/aromatic N) is 2. The predicted molar refractivity (Wildman–Crippen MR) is 87.7 cm³/mol. The first-order chi connectivity index (χ1) is 9.74. The summed E-state index contributed by atoms with van der Waals surface area (Å²) < 4.78 is 0. The Labute approximate surface area is 125 Å².